The van der Waals surface area contributed by atoms with Gasteiger partial charge in [-0.25, -0.2) is 4.68 Å². The fourth-order valence-electron chi connectivity index (χ4n) is 1.97. The standard InChI is InChI=1S/C16H18BrClN4O3/c1-4-24-13-7-10(6-11(17)15(13)25-5-2)8-19-21-12-9-20-22(3)16(23)14(12)18/h6-9,21H,4-5H2,1-3H3/b19-8-. The van der Waals surface area contributed by atoms with Gasteiger partial charge in [-0.05, 0) is 47.5 Å². The number of hydrazone groups is 1. The van der Waals surface area contributed by atoms with E-state index in [9.17, 15) is 4.79 Å². The van der Waals surface area contributed by atoms with Crippen LogP contribution >= 0.6 is 27.5 Å². The first-order valence-electron chi connectivity index (χ1n) is 7.57. The molecule has 2 rings (SSSR count). The van der Waals surface area contributed by atoms with Crippen LogP contribution in [0.4, 0.5) is 5.69 Å². The molecule has 0 aliphatic rings. The Morgan fingerprint density at radius 1 is 1.36 bits per heavy atom. The SMILES string of the molecule is CCOc1cc(/C=N\Nc2cnn(C)c(=O)c2Cl)cc(Br)c1OCC. The van der Waals surface area contributed by atoms with Gasteiger partial charge in [0.1, 0.15) is 10.7 Å². The molecule has 1 heterocycles. The van der Waals surface area contributed by atoms with Gasteiger partial charge in [0.2, 0.25) is 0 Å². The van der Waals surface area contributed by atoms with E-state index < -0.39 is 5.56 Å². The minimum Gasteiger partial charge on any atom is -0.490 e. The number of nitrogens with zero attached hydrogens (tertiary/aromatic N) is 3. The Labute approximate surface area is 158 Å². The maximum absolute atomic E-state index is 11.7. The molecule has 0 radical (unpaired) electrons. The molecule has 0 aliphatic heterocycles. The summed E-state index contributed by atoms with van der Waals surface area (Å²) < 4.78 is 13.1. The van der Waals surface area contributed by atoms with E-state index in [4.69, 9.17) is 21.1 Å². The van der Waals surface area contributed by atoms with E-state index in [2.05, 4.69) is 31.6 Å². The molecule has 1 aromatic carbocycles. The van der Waals surface area contributed by atoms with Crippen molar-refractivity contribution in [3.8, 4) is 11.5 Å². The van der Waals surface area contributed by atoms with Crippen molar-refractivity contribution in [3.05, 3.63) is 43.7 Å². The van der Waals surface area contributed by atoms with Crippen LogP contribution in [0.15, 0.2) is 32.7 Å². The molecule has 134 valence electrons. The highest BCUT2D eigenvalue weighted by Gasteiger charge is 2.11. The number of hydrogen-bond acceptors (Lipinski definition) is 6. The zero-order chi connectivity index (χ0) is 18.4. The Morgan fingerprint density at radius 3 is 2.76 bits per heavy atom. The van der Waals surface area contributed by atoms with Crippen molar-refractivity contribution >= 4 is 39.4 Å². The molecule has 0 spiro atoms. The number of halogens is 2. The van der Waals surface area contributed by atoms with Crippen molar-refractivity contribution in [2.45, 2.75) is 13.8 Å². The summed E-state index contributed by atoms with van der Waals surface area (Å²) >= 11 is 9.45. The van der Waals surface area contributed by atoms with Crippen molar-refractivity contribution in [2.24, 2.45) is 12.1 Å². The maximum Gasteiger partial charge on any atom is 0.287 e. The van der Waals surface area contributed by atoms with Gasteiger partial charge in [-0.3, -0.25) is 10.2 Å². The van der Waals surface area contributed by atoms with Crippen LogP contribution in [-0.4, -0.2) is 29.2 Å². The van der Waals surface area contributed by atoms with Crippen LogP contribution < -0.4 is 20.5 Å². The van der Waals surface area contributed by atoms with E-state index >= 15 is 0 Å². The molecule has 0 atom stereocenters. The van der Waals surface area contributed by atoms with Crippen molar-refractivity contribution in [2.75, 3.05) is 18.6 Å². The number of nitrogens with one attached hydrogen (secondary N) is 1. The largest absolute Gasteiger partial charge is 0.490 e. The molecule has 1 aromatic heterocycles. The smallest absolute Gasteiger partial charge is 0.287 e. The van der Waals surface area contributed by atoms with Gasteiger partial charge in [0.25, 0.3) is 5.56 Å². The third kappa shape index (κ3) is 4.73. The number of hydrogen-bond donors (Lipinski definition) is 1. The van der Waals surface area contributed by atoms with E-state index in [-0.39, 0.29) is 5.02 Å². The van der Waals surface area contributed by atoms with Gasteiger partial charge in [0.15, 0.2) is 11.5 Å². The summed E-state index contributed by atoms with van der Waals surface area (Å²) in [6, 6.07) is 3.66. The van der Waals surface area contributed by atoms with E-state index in [1.807, 2.05) is 26.0 Å². The van der Waals surface area contributed by atoms with Gasteiger partial charge >= 0.3 is 0 Å². The summed E-state index contributed by atoms with van der Waals surface area (Å²) in [5.41, 5.74) is 3.42. The average molecular weight is 430 g/mol. The zero-order valence-electron chi connectivity index (χ0n) is 14.0. The molecule has 1 N–H and O–H groups in total. The lowest BCUT2D eigenvalue weighted by Crippen LogP contribution is -2.20. The number of benzene rings is 1. The molecule has 0 fully saturated rings. The zero-order valence-corrected chi connectivity index (χ0v) is 16.4. The molecule has 0 aliphatic carbocycles. The lowest BCUT2D eigenvalue weighted by Gasteiger charge is -2.13. The molecule has 7 nitrogen and oxygen atoms in total. The number of aryl methyl sites for hydroxylation is 1. The van der Waals surface area contributed by atoms with Crippen molar-refractivity contribution in [1.82, 2.24) is 9.78 Å². The Bertz CT molecular complexity index is 839. The summed E-state index contributed by atoms with van der Waals surface area (Å²) in [6.07, 6.45) is 3.01. The normalized spacial score (nSPS) is 10.9. The first-order chi connectivity index (χ1) is 12.0. The molecular formula is C16H18BrClN4O3. The lowest BCUT2D eigenvalue weighted by atomic mass is 10.2. The Hall–Kier alpha value is -2.06. The Morgan fingerprint density at radius 2 is 2.08 bits per heavy atom. The van der Waals surface area contributed by atoms with E-state index in [1.54, 1.807) is 6.21 Å². The third-order valence-electron chi connectivity index (χ3n) is 3.10. The third-order valence-corrected chi connectivity index (χ3v) is 4.05. The average Bonchev–Trinajstić information content (AvgIpc) is 2.58. The highest BCUT2D eigenvalue weighted by molar-refractivity contribution is 9.10. The number of rotatable bonds is 7. The maximum atomic E-state index is 11.7. The minimum absolute atomic E-state index is 0.0255. The monoisotopic (exact) mass is 428 g/mol. The highest BCUT2D eigenvalue weighted by atomic mass is 79.9. The van der Waals surface area contributed by atoms with E-state index in [1.165, 1.54) is 13.2 Å². The van der Waals surface area contributed by atoms with Gasteiger partial charge in [0.05, 0.1) is 30.1 Å². The predicted octanol–water partition coefficient (Wildman–Crippen LogP) is 3.44. The Kier molecular flexibility index (Phi) is 6.83. The first-order valence-corrected chi connectivity index (χ1v) is 8.75. The molecule has 0 unspecified atom stereocenters. The van der Waals surface area contributed by atoms with E-state index in [0.29, 0.717) is 30.4 Å². The van der Waals surface area contributed by atoms with Gasteiger partial charge in [-0.15, -0.1) is 0 Å². The summed E-state index contributed by atoms with van der Waals surface area (Å²) in [5, 5.41) is 8.01. The quantitative estimate of drug-likeness (QED) is 0.539. The summed E-state index contributed by atoms with van der Waals surface area (Å²) in [5.74, 6) is 1.27. The topological polar surface area (TPSA) is 77.7 Å². The van der Waals surface area contributed by atoms with E-state index in [0.717, 1.165) is 14.7 Å². The predicted molar refractivity (Wildman–Crippen MR) is 102 cm³/mol. The molecule has 25 heavy (non-hydrogen) atoms. The molecule has 0 saturated heterocycles. The van der Waals surface area contributed by atoms with Crippen molar-refractivity contribution < 1.29 is 9.47 Å². The van der Waals surface area contributed by atoms with Crippen LogP contribution in [0.25, 0.3) is 0 Å². The Balaban J connectivity index is 2.23. The summed E-state index contributed by atoms with van der Waals surface area (Å²) in [7, 11) is 1.52. The molecule has 0 bridgehead atoms. The van der Waals surface area contributed by atoms with Crippen LogP contribution in [0.3, 0.4) is 0 Å². The van der Waals surface area contributed by atoms with Crippen molar-refractivity contribution in [3.63, 3.8) is 0 Å². The number of anilines is 1. The second-order valence-electron chi connectivity index (χ2n) is 4.87. The minimum atomic E-state index is -0.399. The summed E-state index contributed by atoms with van der Waals surface area (Å²) in [4.78, 5) is 11.7. The van der Waals surface area contributed by atoms with Crippen LogP contribution in [0, 0.1) is 0 Å². The van der Waals surface area contributed by atoms with Gasteiger partial charge < -0.3 is 9.47 Å². The van der Waals surface area contributed by atoms with Crippen LogP contribution in [0.5, 0.6) is 11.5 Å². The van der Waals surface area contributed by atoms with Crippen LogP contribution in [0.1, 0.15) is 19.4 Å². The molecule has 0 saturated carbocycles. The van der Waals surface area contributed by atoms with Crippen LogP contribution in [-0.2, 0) is 7.05 Å². The number of aromatic nitrogens is 2. The molecule has 0 amide bonds. The fraction of sp³-hybridized carbons (Fsp3) is 0.312. The molecule has 9 heteroatoms. The second-order valence-corrected chi connectivity index (χ2v) is 6.10. The van der Waals surface area contributed by atoms with Crippen LogP contribution in [0.2, 0.25) is 5.02 Å². The second kappa shape index (κ2) is 8.87. The fourth-order valence-corrected chi connectivity index (χ4v) is 2.76. The first kappa shape index (κ1) is 19.3. The lowest BCUT2D eigenvalue weighted by molar-refractivity contribution is 0.286. The van der Waals surface area contributed by atoms with Gasteiger partial charge in [-0.2, -0.15) is 10.2 Å². The van der Waals surface area contributed by atoms with Gasteiger partial charge in [-0.1, -0.05) is 11.6 Å². The molecule has 2 aromatic rings. The van der Waals surface area contributed by atoms with Gasteiger partial charge in [0, 0.05) is 7.05 Å². The summed E-state index contributed by atoms with van der Waals surface area (Å²) in [6.45, 7) is 4.85. The number of ether oxygens (including phenoxy) is 2. The molecular weight excluding hydrogens is 412 g/mol. The highest BCUT2D eigenvalue weighted by Crippen LogP contribution is 2.36. The van der Waals surface area contributed by atoms with Crippen molar-refractivity contribution in [1.29, 1.82) is 0 Å².